The number of ether oxygens (including phenoxy) is 1. The van der Waals surface area contributed by atoms with Crippen molar-refractivity contribution in [3.05, 3.63) is 18.2 Å². The third-order valence-corrected chi connectivity index (χ3v) is 2.46. The lowest BCUT2D eigenvalue weighted by atomic mass is 10.2. The van der Waals surface area contributed by atoms with Crippen molar-refractivity contribution < 1.29 is 4.74 Å². The summed E-state index contributed by atoms with van der Waals surface area (Å²) >= 11 is 0. The second-order valence-electron chi connectivity index (χ2n) is 3.53. The predicted molar refractivity (Wildman–Crippen MR) is 49.3 cm³/mol. The zero-order valence-corrected chi connectivity index (χ0v) is 7.81. The van der Waals surface area contributed by atoms with Gasteiger partial charge in [-0.3, -0.25) is 0 Å². The molecule has 2 rings (SSSR count). The first-order valence-electron chi connectivity index (χ1n) is 4.64. The van der Waals surface area contributed by atoms with E-state index in [1.54, 1.807) is 0 Å². The Morgan fingerprint density at radius 1 is 1.77 bits per heavy atom. The van der Waals surface area contributed by atoms with Crippen LogP contribution in [-0.2, 0) is 4.74 Å². The maximum atomic E-state index is 5.82. The van der Waals surface area contributed by atoms with Crippen molar-refractivity contribution >= 4 is 0 Å². The molecule has 4 heteroatoms. The van der Waals surface area contributed by atoms with Gasteiger partial charge in [0.2, 0.25) is 0 Å². The first-order chi connectivity index (χ1) is 6.29. The molecule has 0 aromatic carbocycles. The SMILES string of the molecule is C[C@@H](N)c1cncn1C1CCOC1. The minimum atomic E-state index is 0.0445. The number of nitrogens with two attached hydrogens (primary N) is 1. The molecule has 0 spiro atoms. The van der Waals surface area contributed by atoms with Crippen LogP contribution in [0.1, 0.15) is 31.1 Å². The molecule has 1 aromatic heterocycles. The van der Waals surface area contributed by atoms with E-state index in [4.69, 9.17) is 10.5 Å². The zero-order valence-electron chi connectivity index (χ0n) is 7.81. The molecule has 1 aromatic rings. The van der Waals surface area contributed by atoms with E-state index in [0.717, 1.165) is 25.3 Å². The average molecular weight is 181 g/mol. The molecule has 1 aliphatic heterocycles. The monoisotopic (exact) mass is 181 g/mol. The standard InChI is InChI=1S/C9H15N3O/c1-7(10)9-4-11-6-12(9)8-2-3-13-5-8/h4,6-8H,2-3,5,10H2,1H3/t7-,8?/m1/s1. The second kappa shape index (κ2) is 3.47. The summed E-state index contributed by atoms with van der Waals surface area (Å²) in [5.74, 6) is 0. The molecule has 0 aliphatic carbocycles. The molecule has 2 atom stereocenters. The molecule has 72 valence electrons. The first-order valence-corrected chi connectivity index (χ1v) is 4.64. The molecule has 4 nitrogen and oxygen atoms in total. The minimum absolute atomic E-state index is 0.0445. The predicted octanol–water partition coefficient (Wildman–Crippen LogP) is 0.864. The Kier molecular flexibility index (Phi) is 2.33. The first kappa shape index (κ1) is 8.72. The Labute approximate surface area is 77.7 Å². The Bertz CT molecular complexity index is 276. The lowest BCUT2D eigenvalue weighted by Crippen LogP contribution is -2.16. The van der Waals surface area contributed by atoms with Gasteiger partial charge in [-0.1, -0.05) is 0 Å². The second-order valence-corrected chi connectivity index (χ2v) is 3.53. The fourth-order valence-corrected chi connectivity index (χ4v) is 1.71. The van der Waals surface area contributed by atoms with Crippen LogP contribution in [0, 0.1) is 0 Å². The summed E-state index contributed by atoms with van der Waals surface area (Å²) in [5.41, 5.74) is 6.92. The van der Waals surface area contributed by atoms with Crippen LogP contribution in [0.2, 0.25) is 0 Å². The van der Waals surface area contributed by atoms with Crippen molar-refractivity contribution in [1.82, 2.24) is 9.55 Å². The van der Waals surface area contributed by atoms with E-state index in [1.807, 2.05) is 19.4 Å². The molecule has 2 heterocycles. The molecule has 1 fully saturated rings. The summed E-state index contributed by atoms with van der Waals surface area (Å²) in [7, 11) is 0. The lowest BCUT2D eigenvalue weighted by Gasteiger charge is -2.15. The van der Waals surface area contributed by atoms with Crippen LogP contribution in [0.15, 0.2) is 12.5 Å². The Hall–Kier alpha value is -0.870. The average Bonchev–Trinajstić information content (AvgIpc) is 2.74. The van der Waals surface area contributed by atoms with Crippen LogP contribution in [-0.4, -0.2) is 22.8 Å². The van der Waals surface area contributed by atoms with E-state index >= 15 is 0 Å². The highest BCUT2D eigenvalue weighted by molar-refractivity contribution is 5.05. The smallest absolute Gasteiger partial charge is 0.0952 e. The molecule has 13 heavy (non-hydrogen) atoms. The molecule has 0 radical (unpaired) electrons. The molecule has 0 saturated carbocycles. The molecule has 0 bridgehead atoms. The zero-order chi connectivity index (χ0) is 9.26. The molecular weight excluding hydrogens is 166 g/mol. The molecule has 2 N–H and O–H groups in total. The Morgan fingerprint density at radius 2 is 2.62 bits per heavy atom. The van der Waals surface area contributed by atoms with Gasteiger partial charge in [-0.25, -0.2) is 4.98 Å². The van der Waals surface area contributed by atoms with Gasteiger partial charge in [-0.2, -0.15) is 0 Å². The number of nitrogens with zero attached hydrogens (tertiary/aromatic N) is 2. The van der Waals surface area contributed by atoms with Crippen molar-refractivity contribution in [3.8, 4) is 0 Å². The Morgan fingerprint density at radius 3 is 3.23 bits per heavy atom. The molecular formula is C9H15N3O. The highest BCUT2D eigenvalue weighted by Gasteiger charge is 2.20. The number of hydrogen-bond donors (Lipinski definition) is 1. The highest BCUT2D eigenvalue weighted by atomic mass is 16.5. The summed E-state index contributed by atoms with van der Waals surface area (Å²) < 4.78 is 7.46. The van der Waals surface area contributed by atoms with Gasteiger partial charge in [0.25, 0.3) is 0 Å². The van der Waals surface area contributed by atoms with Crippen LogP contribution in [0.5, 0.6) is 0 Å². The Balaban J connectivity index is 2.23. The van der Waals surface area contributed by atoms with E-state index in [0.29, 0.717) is 6.04 Å². The maximum absolute atomic E-state index is 5.82. The van der Waals surface area contributed by atoms with E-state index in [-0.39, 0.29) is 6.04 Å². The normalized spacial score (nSPS) is 24.9. The van der Waals surface area contributed by atoms with Crippen LogP contribution in [0.4, 0.5) is 0 Å². The maximum Gasteiger partial charge on any atom is 0.0952 e. The number of imidazole rings is 1. The summed E-state index contributed by atoms with van der Waals surface area (Å²) in [6.07, 6.45) is 4.75. The van der Waals surface area contributed by atoms with Crippen molar-refractivity contribution in [2.75, 3.05) is 13.2 Å². The summed E-state index contributed by atoms with van der Waals surface area (Å²) in [6.45, 7) is 3.61. The molecule has 0 amide bonds. The summed E-state index contributed by atoms with van der Waals surface area (Å²) in [6, 6.07) is 0.478. The van der Waals surface area contributed by atoms with E-state index < -0.39 is 0 Å². The van der Waals surface area contributed by atoms with Gasteiger partial charge in [0.05, 0.1) is 24.7 Å². The van der Waals surface area contributed by atoms with Crippen LogP contribution in [0.3, 0.4) is 0 Å². The third kappa shape index (κ3) is 1.59. The largest absolute Gasteiger partial charge is 0.379 e. The van der Waals surface area contributed by atoms with Crippen LogP contribution >= 0.6 is 0 Å². The topological polar surface area (TPSA) is 53.1 Å². The molecule has 1 saturated heterocycles. The lowest BCUT2D eigenvalue weighted by molar-refractivity contribution is 0.186. The van der Waals surface area contributed by atoms with Crippen molar-refractivity contribution in [1.29, 1.82) is 0 Å². The van der Waals surface area contributed by atoms with Gasteiger partial charge < -0.3 is 15.0 Å². The van der Waals surface area contributed by atoms with Gasteiger partial charge in [0.15, 0.2) is 0 Å². The van der Waals surface area contributed by atoms with E-state index in [9.17, 15) is 0 Å². The molecule has 1 unspecified atom stereocenters. The van der Waals surface area contributed by atoms with Crippen molar-refractivity contribution in [2.24, 2.45) is 5.73 Å². The van der Waals surface area contributed by atoms with Gasteiger partial charge in [0.1, 0.15) is 0 Å². The number of aromatic nitrogens is 2. The van der Waals surface area contributed by atoms with Crippen LogP contribution < -0.4 is 5.73 Å². The van der Waals surface area contributed by atoms with Crippen LogP contribution in [0.25, 0.3) is 0 Å². The summed E-state index contributed by atoms with van der Waals surface area (Å²) in [5, 5.41) is 0. The summed E-state index contributed by atoms with van der Waals surface area (Å²) in [4.78, 5) is 4.12. The number of hydrogen-bond acceptors (Lipinski definition) is 3. The minimum Gasteiger partial charge on any atom is -0.379 e. The van der Waals surface area contributed by atoms with E-state index in [2.05, 4.69) is 9.55 Å². The fraction of sp³-hybridized carbons (Fsp3) is 0.667. The van der Waals surface area contributed by atoms with Gasteiger partial charge >= 0.3 is 0 Å². The van der Waals surface area contributed by atoms with E-state index in [1.165, 1.54) is 0 Å². The van der Waals surface area contributed by atoms with Crippen molar-refractivity contribution in [3.63, 3.8) is 0 Å². The van der Waals surface area contributed by atoms with Gasteiger partial charge in [-0.15, -0.1) is 0 Å². The highest BCUT2D eigenvalue weighted by Crippen LogP contribution is 2.22. The molecule has 1 aliphatic rings. The quantitative estimate of drug-likeness (QED) is 0.736. The van der Waals surface area contributed by atoms with Gasteiger partial charge in [-0.05, 0) is 13.3 Å². The van der Waals surface area contributed by atoms with Crippen molar-refractivity contribution in [2.45, 2.75) is 25.4 Å². The third-order valence-electron chi connectivity index (χ3n) is 2.46. The van der Waals surface area contributed by atoms with Gasteiger partial charge in [0, 0.05) is 18.8 Å². The fourth-order valence-electron chi connectivity index (χ4n) is 1.71. The number of rotatable bonds is 2.